The van der Waals surface area contributed by atoms with Gasteiger partial charge in [-0.05, 0) is 37.1 Å². The molecule has 2 amide bonds. The topological polar surface area (TPSA) is 84.5 Å². The van der Waals surface area contributed by atoms with Gasteiger partial charge in [-0.25, -0.2) is 0 Å². The molecule has 0 aliphatic carbocycles. The van der Waals surface area contributed by atoms with Crippen molar-refractivity contribution in [2.45, 2.75) is 64.5 Å². The molecular weight excluding hydrogens is 332 g/mol. The lowest BCUT2D eigenvalue weighted by molar-refractivity contribution is -0.122. The summed E-state index contributed by atoms with van der Waals surface area (Å²) in [5.74, 6) is 1.67. The van der Waals surface area contributed by atoms with Crippen LogP contribution in [0.5, 0.6) is 0 Å². The van der Waals surface area contributed by atoms with E-state index < -0.39 is 0 Å². The Bertz CT molecular complexity index is 564. The first-order valence-corrected chi connectivity index (χ1v) is 9.32. The summed E-state index contributed by atoms with van der Waals surface area (Å²) in [6, 6.07) is 7.31. The van der Waals surface area contributed by atoms with Crippen LogP contribution in [0.2, 0.25) is 0 Å². The molecule has 142 valence electrons. The van der Waals surface area contributed by atoms with Gasteiger partial charge in [0, 0.05) is 12.8 Å². The number of hydrogen-bond acceptors (Lipinski definition) is 4. The van der Waals surface area contributed by atoms with Crippen molar-refractivity contribution in [3.05, 3.63) is 48.3 Å². The lowest BCUT2D eigenvalue weighted by Crippen LogP contribution is -2.22. The van der Waals surface area contributed by atoms with E-state index in [1.54, 1.807) is 12.5 Å². The maximum Gasteiger partial charge on any atom is 0.220 e. The minimum atomic E-state index is 0.0645. The lowest BCUT2D eigenvalue weighted by Gasteiger charge is -2.05. The molecule has 2 N–H and O–H groups in total. The van der Waals surface area contributed by atoms with Gasteiger partial charge in [0.2, 0.25) is 11.8 Å². The number of hydrogen-bond donors (Lipinski definition) is 2. The normalized spacial score (nSPS) is 10.6. The summed E-state index contributed by atoms with van der Waals surface area (Å²) in [6.07, 6.45) is 10.4. The van der Waals surface area contributed by atoms with Gasteiger partial charge < -0.3 is 19.5 Å². The largest absolute Gasteiger partial charge is 0.467 e. The third kappa shape index (κ3) is 8.55. The molecule has 2 heterocycles. The summed E-state index contributed by atoms with van der Waals surface area (Å²) < 4.78 is 10.3. The van der Waals surface area contributed by atoms with Crippen molar-refractivity contribution in [1.82, 2.24) is 10.6 Å². The van der Waals surface area contributed by atoms with Gasteiger partial charge in [0.1, 0.15) is 11.5 Å². The Labute approximate surface area is 154 Å². The Kier molecular flexibility index (Phi) is 9.11. The Morgan fingerprint density at radius 2 is 1.12 bits per heavy atom. The number of amides is 2. The maximum absolute atomic E-state index is 11.7. The predicted octanol–water partition coefficient (Wildman–Crippen LogP) is 3.93. The second kappa shape index (κ2) is 12.0. The quantitative estimate of drug-likeness (QED) is 0.530. The fourth-order valence-corrected chi connectivity index (χ4v) is 2.65. The van der Waals surface area contributed by atoms with Crippen LogP contribution in [0.3, 0.4) is 0 Å². The summed E-state index contributed by atoms with van der Waals surface area (Å²) in [6.45, 7) is 0.904. The molecule has 2 aromatic rings. The van der Waals surface area contributed by atoms with Crippen molar-refractivity contribution in [1.29, 1.82) is 0 Å². The van der Waals surface area contributed by atoms with E-state index in [-0.39, 0.29) is 11.8 Å². The van der Waals surface area contributed by atoms with Crippen LogP contribution in [0.25, 0.3) is 0 Å². The number of carbonyl (C=O) groups excluding carboxylic acids is 2. The maximum atomic E-state index is 11.7. The first kappa shape index (κ1) is 19.8. The van der Waals surface area contributed by atoms with Gasteiger partial charge in [-0.2, -0.15) is 0 Å². The minimum absolute atomic E-state index is 0.0645. The van der Waals surface area contributed by atoms with E-state index in [1.807, 2.05) is 24.3 Å². The van der Waals surface area contributed by atoms with Crippen molar-refractivity contribution in [3.63, 3.8) is 0 Å². The standard InChI is InChI=1S/C20H28N2O4/c23-19(21-15-17-9-7-13-25-17)11-5-3-1-2-4-6-12-20(24)22-16-18-10-8-14-26-18/h7-10,13-14H,1-6,11-12,15-16H2,(H,21,23)(H,22,24). The van der Waals surface area contributed by atoms with Crippen molar-refractivity contribution >= 4 is 11.8 Å². The molecular formula is C20H28N2O4. The highest BCUT2D eigenvalue weighted by Crippen LogP contribution is 2.09. The average molecular weight is 360 g/mol. The fourth-order valence-electron chi connectivity index (χ4n) is 2.65. The zero-order chi connectivity index (χ0) is 18.5. The van der Waals surface area contributed by atoms with Crippen molar-refractivity contribution in [3.8, 4) is 0 Å². The van der Waals surface area contributed by atoms with E-state index in [1.165, 1.54) is 0 Å². The zero-order valence-electron chi connectivity index (χ0n) is 15.2. The molecule has 0 spiro atoms. The van der Waals surface area contributed by atoms with Gasteiger partial charge in [0.05, 0.1) is 25.6 Å². The van der Waals surface area contributed by atoms with E-state index >= 15 is 0 Å². The molecule has 0 saturated carbocycles. The average Bonchev–Trinajstić information content (AvgIpc) is 3.34. The van der Waals surface area contributed by atoms with Crippen LogP contribution < -0.4 is 10.6 Å². The molecule has 0 aliphatic rings. The van der Waals surface area contributed by atoms with Crippen LogP contribution in [0.1, 0.15) is 62.9 Å². The fraction of sp³-hybridized carbons (Fsp3) is 0.500. The molecule has 2 rings (SSSR count). The molecule has 2 aromatic heterocycles. The Morgan fingerprint density at radius 1 is 0.692 bits per heavy atom. The molecule has 0 atom stereocenters. The van der Waals surface area contributed by atoms with E-state index in [0.717, 1.165) is 50.0 Å². The molecule has 26 heavy (non-hydrogen) atoms. The Hall–Kier alpha value is -2.50. The molecule has 0 radical (unpaired) electrons. The Morgan fingerprint density at radius 3 is 1.50 bits per heavy atom. The monoisotopic (exact) mass is 360 g/mol. The summed E-state index contributed by atoms with van der Waals surface area (Å²) in [5.41, 5.74) is 0. The minimum Gasteiger partial charge on any atom is -0.467 e. The zero-order valence-corrected chi connectivity index (χ0v) is 15.2. The molecule has 6 heteroatoms. The van der Waals surface area contributed by atoms with E-state index in [0.29, 0.717) is 25.9 Å². The van der Waals surface area contributed by atoms with Crippen LogP contribution in [0.15, 0.2) is 45.6 Å². The molecule has 6 nitrogen and oxygen atoms in total. The number of carbonyl (C=O) groups is 2. The van der Waals surface area contributed by atoms with Crippen molar-refractivity contribution in [2.75, 3.05) is 0 Å². The highest BCUT2D eigenvalue weighted by Gasteiger charge is 2.04. The van der Waals surface area contributed by atoms with Gasteiger partial charge in [-0.15, -0.1) is 0 Å². The highest BCUT2D eigenvalue weighted by atomic mass is 16.3. The number of rotatable bonds is 13. The molecule has 0 aliphatic heterocycles. The van der Waals surface area contributed by atoms with Gasteiger partial charge in [0.25, 0.3) is 0 Å². The van der Waals surface area contributed by atoms with Crippen LogP contribution >= 0.6 is 0 Å². The first-order chi connectivity index (χ1) is 12.7. The molecule has 0 fully saturated rings. The first-order valence-electron chi connectivity index (χ1n) is 9.32. The predicted molar refractivity (Wildman–Crippen MR) is 98.0 cm³/mol. The van der Waals surface area contributed by atoms with Crippen LogP contribution in [-0.4, -0.2) is 11.8 Å². The molecule has 0 unspecified atom stereocenters. The molecule has 0 saturated heterocycles. The number of unbranched alkanes of at least 4 members (excludes halogenated alkanes) is 5. The molecule has 0 bridgehead atoms. The third-order valence-electron chi connectivity index (χ3n) is 4.14. The lowest BCUT2D eigenvalue weighted by atomic mass is 10.1. The van der Waals surface area contributed by atoms with Gasteiger partial charge in [-0.3, -0.25) is 9.59 Å². The van der Waals surface area contributed by atoms with Crippen LogP contribution in [0, 0.1) is 0 Å². The van der Waals surface area contributed by atoms with Gasteiger partial charge >= 0.3 is 0 Å². The van der Waals surface area contributed by atoms with E-state index in [9.17, 15) is 9.59 Å². The highest BCUT2D eigenvalue weighted by molar-refractivity contribution is 5.76. The van der Waals surface area contributed by atoms with E-state index in [4.69, 9.17) is 8.83 Å². The molecule has 0 aromatic carbocycles. The summed E-state index contributed by atoms with van der Waals surface area (Å²) >= 11 is 0. The van der Waals surface area contributed by atoms with E-state index in [2.05, 4.69) is 10.6 Å². The SMILES string of the molecule is O=C(CCCCCCCCC(=O)NCc1ccco1)NCc1ccco1. The third-order valence-corrected chi connectivity index (χ3v) is 4.14. The summed E-state index contributed by atoms with van der Waals surface area (Å²) in [4.78, 5) is 23.4. The summed E-state index contributed by atoms with van der Waals surface area (Å²) in [7, 11) is 0. The van der Waals surface area contributed by atoms with Crippen LogP contribution in [0.4, 0.5) is 0 Å². The number of nitrogens with one attached hydrogen (secondary N) is 2. The second-order valence-electron chi connectivity index (χ2n) is 6.33. The van der Waals surface area contributed by atoms with Gasteiger partial charge in [0.15, 0.2) is 0 Å². The van der Waals surface area contributed by atoms with Gasteiger partial charge in [-0.1, -0.05) is 25.7 Å². The second-order valence-corrected chi connectivity index (χ2v) is 6.33. The van der Waals surface area contributed by atoms with Crippen molar-refractivity contribution in [2.24, 2.45) is 0 Å². The van der Waals surface area contributed by atoms with Crippen molar-refractivity contribution < 1.29 is 18.4 Å². The summed E-state index contributed by atoms with van der Waals surface area (Å²) in [5, 5.41) is 5.69. The smallest absolute Gasteiger partial charge is 0.220 e. The number of furan rings is 2. The Balaban J connectivity index is 1.36. The van der Waals surface area contributed by atoms with Crippen LogP contribution in [-0.2, 0) is 22.7 Å².